The van der Waals surface area contributed by atoms with E-state index in [2.05, 4.69) is 31.3 Å². The van der Waals surface area contributed by atoms with Crippen LogP contribution in [0.25, 0.3) is 0 Å². The Morgan fingerprint density at radius 3 is 2.67 bits per heavy atom. The van der Waals surface area contributed by atoms with E-state index in [4.69, 9.17) is 4.74 Å². The lowest BCUT2D eigenvalue weighted by atomic mass is 10.3. The minimum absolute atomic E-state index is 0.113. The molecule has 9 heteroatoms. The van der Waals surface area contributed by atoms with Crippen molar-refractivity contribution in [2.24, 2.45) is 0 Å². The molecule has 1 aromatic carbocycles. The van der Waals surface area contributed by atoms with Gasteiger partial charge in [0.25, 0.3) is 0 Å². The van der Waals surface area contributed by atoms with E-state index >= 15 is 0 Å². The molecule has 21 heavy (non-hydrogen) atoms. The van der Waals surface area contributed by atoms with E-state index in [-0.39, 0.29) is 24.2 Å². The first-order valence-electron chi connectivity index (χ1n) is 6.19. The summed E-state index contributed by atoms with van der Waals surface area (Å²) in [6.45, 7) is 1.71. The maximum atomic E-state index is 11.6. The lowest BCUT2D eigenvalue weighted by Crippen LogP contribution is -2.25. The molecule has 110 valence electrons. The molecule has 2 amide bonds. The van der Waals surface area contributed by atoms with Gasteiger partial charge in [-0.05, 0) is 29.5 Å². The van der Waals surface area contributed by atoms with Crippen LogP contribution in [-0.4, -0.2) is 39.0 Å². The Bertz CT molecular complexity index is 596. The summed E-state index contributed by atoms with van der Waals surface area (Å²) in [5, 5.41) is 18.2. The monoisotopic (exact) mass is 290 g/mol. The third-order valence-corrected chi connectivity index (χ3v) is 2.40. The van der Waals surface area contributed by atoms with Crippen molar-refractivity contribution in [2.45, 2.75) is 13.3 Å². The van der Waals surface area contributed by atoms with Crippen molar-refractivity contribution in [3.05, 3.63) is 24.3 Å². The second-order valence-electron chi connectivity index (χ2n) is 4.10. The number of ether oxygens (including phenoxy) is 1. The first kappa shape index (κ1) is 14.4. The predicted molar refractivity (Wildman–Crippen MR) is 72.6 cm³/mol. The number of anilines is 1. The first-order chi connectivity index (χ1) is 10.1. The average molecular weight is 290 g/mol. The molecular weight excluding hydrogens is 276 g/mol. The number of tetrazole rings is 1. The van der Waals surface area contributed by atoms with Crippen LogP contribution in [0.2, 0.25) is 0 Å². The lowest BCUT2D eigenvalue weighted by molar-refractivity contribution is -0.119. The highest BCUT2D eigenvalue weighted by molar-refractivity contribution is 5.91. The Hall–Kier alpha value is -2.97. The molecule has 0 unspecified atom stereocenters. The number of hydrogen-bond acceptors (Lipinski definition) is 6. The highest BCUT2D eigenvalue weighted by Crippen LogP contribution is 2.19. The van der Waals surface area contributed by atoms with Gasteiger partial charge in [-0.1, -0.05) is 10.2 Å². The third kappa shape index (κ3) is 4.90. The molecule has 0 aliphatic rings. The highest BCUT2D eigenvalue weighted by atomic mass is 16.5. The number of rotatable bonds is 6. The first-order valence-corrected chi connectivity index (χ1v) is 6.19. The number of H-pyrrole nitrogens is 1. The molecule has 0 fully saturated rings. The average Bonchev–Trinajstić information content (AvgIpc) is 2.93. The highest BCUT2D eigenvalue weighted by Gasteiger charge is 2.04. The van der Waals surface area contributed by atoms with Crippen LogP contribution in [0.3, 0.4) is 0 Å². The Balaban J connectivity index is 1.81. The second kappa shape index (κ2) is 6.98. The van der Waals surface area contributed by atoms with Crippen molar-refractivity contribution in [1.82, 2.24) is 25.9 Å². The zero-order valence-electron chi connectivity index (χ0n) is 11.3. The number of aromatic nitrogens is 4. The fourth-order valence-electron chi connectivity index (χ4n) is 1.48. The summed E-state index contributed by atoms with van der Waals surface area (Å²) in [5.74, 6) is 0.175. The quantitative estimate of drug-likeness (QED) is 0.710. The number of aromatic amines is 1. The van der Waals surface area contributed by atoms with Gasteiger partial charge in [-0.3, -0.25) is 9.59 Å². The van der Waals surface area contributed by atoms with E-state index < -0.39 is 0 Å². The van der Waals surface area contributed by atoms with Gasteiger partial charge in [-0.15, -0.1) is 0 Å². The number of carbonyl (C=O) groups excluding carboxylic acids is 2. The van der Waals surface area contributed by atoms with Gasteiger partial charge in [0.1, 0.15) is 5.75 Å². The van der Waals surface area contributed by atoms with Gasteiger partial charge < -0.3 is 15.4 Å². The van der Waals surface area contributed by atoms with Gasteiger partial charge in [0.15, 0.2) is 0 Å². The SMILES string of the molecule is CC(=O)NCCC(=O)Nc1ccc(Oc2nn[nH]n2)cc1. The molecule has 9 nitrogen and oxygen atoms in total. The molecule has 1 heterocycles. The van der Waals surface area contributed by atoms with Gasteiger partial charge in [-0.2, -0.15) is 5.21 Å². The van der Waals surface area contributed by atoms with Gasteiger partial charge in [0.2, 0.25) is 11.8 Å². The van der Waals surface area contributed by atoms with Crippen LogP contribution >= 0.6 is 0 Å². The predicted octanol–water partition coefficient (Wildman–Crippen LogP) is 0.457. The van der Waals surface area contributed by atoms with Crippen LogP contribution in [0.4, 0.5) is 5.69 Å². The van der Waals surface area contributed by atoms with Gasteiger partial charge in [0, 0.05) is 25.6 Å². The molecule has 0 spiro atoms. The summed E-state index contributed by atoms with van der Waals surface area (Å²) in [7, 11) is 0. The summed E-state index contributed by atoms with van der Waals surface area (Å²) >= 11 is 0. The number of nitrogens with one attached hydrogen (secondary N) is 3. The molecule has 0 saturated carbocycles. The molecule has 2 rings (SSSR count). The molecule has 0 bridgehead atoms. The molecule has 0 aliphatic heterocycles. The molecule has 2 aromatic rings. The Kier molecular flexibility index (Phi) is 4.80. The van der Waals surface area contributed by atoms with Crippen molar-refractivity contribution >= 4 is 17.5 Å². The van der Waals surface area contributed by atoms with Crippen LogP contribution in [0.15, 0.2) is 24.3 Å². The standard InChI is InChI=1S/C12H14N6O3/c1-8(19)13-7-6-11(20)14-9-2-4-10(5-3-9)21-12-15-17-18-16-12/h2-5H,6-7H2,1H3,(H,13,19)(H,14,20)(H,15,16,17,18). The minimum atomic E-state index is -0.185. The van der Waals surface area contributed by atoms with E-state index in [1.165, 1.54) is 6.92 Å². The maximum absolute atomic E-state index is 11.6. The van der Waals surface area contributed by atoms with Crippen molar-refractivity contribution in [3.63, 3.8) is 0 Å². The smallest absolute Gasteiger partial charge is 0.361 e. The largest absolute Gasteiger partial charge is 0.422 e. The lowest BCUT2D eigenvalue weighted by Gasteiger charge is -2.06. The van der Waals surface area contributed by atoms with Gasteiger partial charge in [-0.25, -0.2) is 0 Å². The van der Waals surface area contributed by atoms with Crippen LogP contribution in [-0.2, 0) is 9.59 Å². The molecular formula is C12H14N6O3. The number of amides is 2. The number of hydrogen-bond donors (Lipinski definition) is 3. The van der Waals surface area contributed by atoms with Crippen LogP contribution in [0, 0.1) is 0 Å². The normalized spacial score (nSPS) is 9.95. The summed E-state index contributed by atoms with van der Waals surface area (Å²) in [5.41, 5.74) is 0.628. The van der Waals surface area contributed by atoms with Crippen molar-refractivity contribution in [1.29, 1.82) is 0 Å². The van der Waals surface area contributed by atoms with Crippen LogP contribution in [0.5, 0.6) is 11.8 Å². The third-order valence-electron chi connectivity index (χ3n) is 2.40. The number of carbonyl (C=O) groups is 2. The topological polar surface area (TPSA) is 122 Å². The molecule has 0 saturated heterocycles. The van der Waals surface area contributed by atoms with E-state index in [9.17, 15) is 9.59 Å². The molecule has 0 radical (unpaired) electrons. The summed E-state index contributed by atoms with van der Waals surface area (Å²) < 4.78 is 5.29. The Morgan fingerprint density at radius 1 is 1.29 bits per heavy atom. The minimum Gasteiger partial charge on any atom is -0.422 e. The Morgan fingerprint density at radius 2 is 2.05 bits per heavy atom. The van der Waals surface area contributed by atoms with Crippen molar-refractivity contribution in [3.8, 4) is 11.8 Å². The molecule has 1 aromatic heterocycles. The zero-order chi connectivity index (χ0) is 15.1. The van der Waals surface area contributed by atoms with Gasteiger partial charge in [0.05, 0.1) is 0 Å². The van der Waals surface area contributed by atoms with E-state index in [1.54, 1.807) is 24.3 Å². The summed E-state index contributed by atoms with van der Waals surface area (Å²) in [4.78, 5) is 22.3. The molecule has 3 N–H and O–H groups in total. The van der Waals surface area contributed by atoms with Gasteiger partial charge >= 0.3 is 6.01 Å². The number of nitrogens with zero attached hydrogens (tertiary/aromatic N) is 3. The fraction of sp³-hybridized carbons (Fsp3) is 0.250. The second-order valence-corrected chi connectivity index (χ2v) is 4.10. The molecule has 0 aliphatic carbocycles. The van der Waals surface area contributed by atoms with E-state index in [0.29, 0.717) is 18.0 Å². The van der Waals surface area contributed by atoms with Crippen LogP contribution < -0.4 is 15.4 Å². The van der Waals surface area contributed by atoms with Crippen molar-refractivity contribution in [2.75, 3.05) is 11.9 Å². The molecule has 0 atom stereocenters. The number of benzene rings is 1. The maximum Gasteiger partial charge on any atom is 0.361 e. The van der Waals surface area contributed by atoms with E-state index in [0.717, 1.165) is 0 Å². The summed E-state index contributed by atoms with van der Waals surface area (Å²) in [6.07, 6.45) is 0.209. The summed E-state index contributed by atoms with van der Waals surface area (Å²) in [6, 6.07) is 6.82. The van der Waals surface area contributed by atoms with Crippen molar-refractivity contribution < 1.29 is 14.3 Å². The van der Waals surface area contributed by atoms with Crippen LogP contribution in [0.1, 0.15) is 13.3 Å². The zero-order valence-corrected chi connectivity index (χ0v) is 11.3. The Labute approximate surface area is 120 Å². The fourth-order valence-corrected chi connectivity index (χ4v) is 1.48. The van der Waals surface area contributed by atoms with E-state index in [1.807, 2.05) is 0 Å².